The summed E-state index contributed by atoms with van der Waals surface area (Å²) in [7, 11) is -0.0875. The van der Waals surface area contributed by atoms with Gasteiger partial charge in [-0.2, -0.15) is 0 Å². The summed E-state index contributed by atoms with van der Waals surface area (Å²) in [6.07, 6.45) is 6.47. The third-order valence-corrected chi connectivity index (χ3v) is 6.19. The van der Waals surface area contributed by atoms with Crippen LogP contribution in [0.25, 0.3) is 11.9 Å². The van der Waals surface area contributed by atoms with Crippen LogP contribution >= 0.6 is 0 Å². The topological polar surface area (TPSA) is 119 Å². The molecule has 2 atom stereocenters. The van der Waals surface area contributed by atoms with E-state index < -0.39 is 34.5 Å². The molecule has 0 radical (unpaired) electrons. The highest BCUT2D eigenvalue weighted by Crippen LogP contribution is 2.29. The lowest BCUT2D eigenvalue weighted by Crippen LogP contribution is -2.41. The molecule has 0 amide bonds. The monoisotopic (exact) mass is 489 g/mol. The number of rotatable bonds is 6. The van der Waals surface area contributed by atoms with Crippen LogP contribution in [0.4, 0.5) is 13.2 Å². The largest absolute Gasteiger partial charge is 0.468 e. The van der Waals surface area contributed by atoms with Gasteiger partial charge in [0.2, 0.25) is 11.8 Å². The van der Waals surface area contributed by atoms with Gasteiger partial charge in [-0.1, -0.05) is 0 Å². The van der Waals surface area contributed by atoms with Crippen molar-refractivity contribution < 1.29 is 22.1 Å². The molecule has 9 nitrogen and oxygen atoms in total. The Balaban J connectivity index is 1.54. The van der Waals surface area contributed by atoms with E-state index in [1.54, 1.807) is 18.5 Å². The summed E-state index contributed by atoms with van der Waals surface area (Å²) in [6.45, 7) is 0.0551. The van der Waals surface area contributed by atoms with Crippen molar-refractivity contribution in [1.82, 2.24) is 24.2 Å². The van der Waals surface area contributed by atoms with E-state index in [2.05, 4.69) is 24.9 Å². The Labute approximate surface area is 194 Å². The first kappa shape index (κ1) is 23.3. The maximum Gasteiger partial charge on any atom is 0.232 e. The van der Waals surface area contributed by atoms with E-state index in [1.807, 2.05) is 0 Å². The fourth-order valence-corrected chi connectivity index (χ4v) is 4.03. The zero-order valence-corrected chi connectivity index (χ0v) is 18.5. The van der Waals surface area contributed by atoms with Gasteiger partial charge < -0.3 is 10.5 Å². The average Bonchev–Trinajstić information content (AvgIpc) is 2.84. The van der Waals surface area contributed by atoms with Crippen LogP contribution in [-0.4, -0.2) is 47.2 Å². The molecular weight excluding hydrogens is 471 g/mol. The van der Waals surface area contributed by atoms with Crippen LogP contribution in [0, 0.1) is 11.6 Å². The van der Waals surface area contributed by atoms with Crippen LogP contribution in [0.1, 0.15) is 28.7 Å². The molecule has 0 bridgehead atoms. The number of nitrogens with zero attached hydrogens (tertiary/aromatic N) is 6. The lowest BCUT2D eigenvalue weighted by atomic mass is 10.0. The molecule has 1 aromatic carbocycles. The van der Waals surface area contributed by atoms with Crippen LogP contribution in [0.3, 0.4) is 0 Å². The maximum atomic E-state index is 14.8. The van der Waals surface area contributed by atoms with Gasteiger partial charge in [0.25, 0.3) is 0 Å². The van der Waals surface area contributed by atoms with Crippen LogP contribution in [-0.2, 0) is 17.6 Å². The second-order valence-electron chi connectivity index (χ2n) is 7.08. The van der Waals surface area contributed by atoms with E-state index in [0.29, 0.717) is 5.82 Å². The summed E-state index contributed by atoms with van der Waals surface area (Å²) >= 11 is 0. The number of halogens is 3. The second kappa shape index (κ2) is 9.95. The van der Waals surface area contributed by atoms with Crippen molar-refractivity contribution in [2.75, 3.05) is 12.8 Å². The van der Waals surface area contributed by atoms with Gasteiger partial charge in [-0.15, -0.1) is 0 Å². The van der Waals surface area contributed by atoms with Crippen LogP contribution in [0.5, 0.6) is 5.88 Å². The molecule has 4 rings (SSSR count). The zero-order valence-electron chi connectivity index (χ0n) is 17.7. The highest BCUT2D eigenvalue weighted by molar-refractivity contribution is 7.83. The van der Waals surface area contributed by atoms with E-state index in [9.17, 15) is 17.4 Å². The van der Waals surface area contributed by atoms with Gasteiger partial charge in [-0.05, 0) is 29.8 Å². The molecule has 0 saturated carbocycles. The van der Waals surface area contributed by atoms with Crippen molar-refractivity contribution in [3.05, 3.63) is 77.3 Å². The fraction of sp³-hybridized carbons (Fsp3) is 0.190. The smallest absolute Gasteiger partial charge is 0.232 e. The number of guanidine groups is 1. The van der Waals surface area contributed by atoms with E-state index in [4.69, 9.17) is 10.5 Å². The van der Waals surface area contributed by atoms with Gasteiger partial charge in [-0.25, -0.2) is 42.3 Å². The predicted molar refractivity (Wildman–Crippen MR) is 119 cm³/mol. The first-order valence-corrected chi connectivity index (χ1v) is 11.1. The van der Waals surface area contributed by atoms with Crippen LogP contribution < -0.4 is 10.5 Å². The van der Waals surface area contributed by atoms with E-state index in [-0.39, 0.29) is 41.0 Å². The van der Waals surface area contributed by atoms with Crippen LogP contribution in [0.15, 0.2) is 48.0 Å². The Kier molecular flexibility index (Phi) is 6.82. The molecule has 34 heavy (non-hydrogen) atoms. The lowest BCUT2D eigenvalue weighted by Gasteiger charge is -2.26. The third kappa shape index (κ3) is 5.20. The zero-order chi connectivity index (χ0) is 24.2. The molecule has 13 heteroatoms. The van der Waals surface area contributed by atoms with Crippen molar-refractivity contribution in [1.29, 1.82) is 0 Å². The summed E-state index contributed by atoms with van der Waals surface area (Å²) < 4.78 is 62.2. The van der Waals surface area contributed by atoms with E-state index >= 15 is 0 Å². The minimum absolute atomic E-state index is 0.0215. The number of benzene rings is 1. The van der Waals surface area contributed by atoms with Gasteiger partial charge >= 0.3 is 0 Å². The summed E-state index contributed by atoms with van der Waals surface area (Å²) in [5, 5.41) is 0. The molecule has 1 aliphatic rings. The second-order valence-corrected chi connectivity index (χ2v) is 8.60. The first-order valence-electron chi connectivity index (χ1n) is 9.84. The molecule has 0 fully saturated rings. The highest BCUT2D eigenvalue weighted by Gasteiger charge is 2.28. The van der Waals surface area contributed by atoms with E-state index in [1.165, 1.54) is 23.6 Å². The number of hydrogen-bond acceptors (Lipinski definition) is 8. The Morgan fingerprint density at radius 1 is 1.24 bits per heavy atom. The van der Waals surface area contributed by atoms with Gasteiger partial charge in [-0.3, -0.25) is 4.31 Å². The summed E-state index contributed by atoms with van der Waals surface area (Å²) in [6, 6.07) is 2.75. The fourth-order valence-electron chi connectivity index (χ4n) is 3.02. The number of aromatic nitrogens is 4. The molecule has 3 heterocycles. The SMILES string of the molecule is CN1C(N)=NC(c2cc(/C=C(\F)c3cnc(OCc4ncccn4)cn3)cc(F)c2F)CS1=O. The van der Waals surface area contributed by atoms with Gasteiger partial charge in [0, 0.05) is 25.0 Å². The molecular formula is C21H18F3N7O2S. The Hall–Kier alpha value is -3.87. The number of nitrogens with two attached hydrogens (primary N) is 1. The summed E-state index contributed by atoms with van der Waals surface area (Å²) in [5.41, 5.74) is 5.41. The minimum atomic E-state index is -1.56. The third-order valence-electron chi connectivity index (χ3n) is 4.79. The molecule has 0 aliphatic carbocycles. The van der Waals surface area contributed by atoms with Crippen molar-refractivity contribution in [2.45, 2.75) is 12.6 Å². The van der Waals surface area contributed by atoms with Crippen LogP contribution in [0.2, 0.25) is 0 Å². The molecule has 2 aromatic heterocycles. The number of hydrogen-bond donors (Lipinski definition) is 1. The van der Waals surface area contributed by atoms with Gasteiger partial charge in [0.1, 0.15) is 23.3 Å². The molecule has 2 unspecified atom stereocenters. The van der Waals surface area contributed by atoms with E-state index in [0.717, 1.165) is 18.3 Å². The van der Waals surface area contributed by atoms with Crippen molar-refractivity contribution in [3.63, 3.8) is 0 Å². The number of aliphatic imine (C=N–C) groups is 1. The van der Waals surface area contributed by atoms with Crippen molar-refractivity contribution in [2.24, 2.45) is 10.7 Å². The normalized spacial score (nSPS) is 18.5. The standard InChI is InChI=1S/C21H18F3N7O2S/c1-31-21(25)30-17(11-34(31)32)13-5-12(7-15(23)20(13)24)6-14(22)16-8-29-19(9-28-16)33-10-18-26-3-2-4-27-18/h2-9,17H,10-11H2,1H3,(H2,25,30)/b14-6-. The van der Waals surface area contributed by atoms with Gasteiger partial charge in [0.05, 0.1) is 24.2 Å². The summed E-state index contributed by atoms with van der Waals surface area (Å²) in [4.78, 5) is 20.0. The highest BCUT2D eigenvalue weighted by atomic mass is 32.2. The quantitative estimate of drug-likeness (QED) is 0.565. The Morgan fingerprint density at radius 3 is 2.68 bits per heavy atom. The molecule has 176 valence electrons. The minimum Gasteiger partial charge on any atom is -0.468 e. The van der Waals surface area contributed by atoms with Crippen molar-refractivity contribution >= 4 is 28.8 Å². The average molecular weight is 489 g/mol. The Morgan fingerprint density at radius 2 is 2.00 bits per heavy atom. The lowest BCUT2D eigenvalue weighted by molar-refractivity contribution is 0.282. The van der Waals surface area contributed by atoms with Gasteiger partial charge in [0.15, 0.2) is 23.3 Å². The molecule has 3 aromatic rings. The maximum absolute atomic E-state index is 14.8. The van der Waals surface area contributed by atoms with Crippen molar-refractivity contribution in [3.8, 4) is 5.88 Å². The number of ether oxygens (including phenoxy) is 1. The molecule has 0 saturated heterocycles. The predicted octanol–water partition coefficient (Wildman–Crippen LogP) is 2.56. The molecule has 1 aliphatic heterocycles. The summed E-state index contributed by atoms with van der Waals surface area (Å²) in [5.74, 6) is -2.80. The molecule has 0 spiro atoms. The molecule has 2 N–H and O–H groups in total. The first-order chi connectivity index (χ1) is 16.3. The Bertz CT molecular complexity index is 1270.